The predicted octanol–water partition coefficient (Wildman–Crippen LogP) is 2.06. The van der Waals surface area contributed by atoms with Gasteiger partial charge in [0.15, 0.2) is 5.82 Å². The van der Waals surface area contributed by atoms with Crippen LogP contribution in [0.2, 0.25) is 0 Å². The first-order chi connectivity index (χ1) is 11.2. The molecule has 0 spiro atoms. The molecular weight excluding hydrogens is 314 g/mol. The number of aromatic amines is 1. The number of nitrogens with zero attached hydrogens (tertiary/aromatic N) is 5. The van der Waals surface area contributed by atoms with Gasteiger partial charge in [0.2, 0.25) is 11.1 Å². The lowest BCUT2D eigenvalue weighted by molar-refractivity contribution is 0.102. The molecule has 0 unspecified atom stereocenters. The van der Waals surface area contributed by atoms with Crippen molar-refractivity contribution in [2.24, 2.45) is 0 Å². The van der Waals surface area contributed by atoms with Crippen LogP contribution in [0.1, 0.15) is 23.0 Å². The first kappa shape index (κ1) is 15.2. The van der Waals surface area contributed by atoms with Crippen LogP contribution >= 0.6 is 11.8 Å². The highest BCUT2D eigenvalue weighted by Gasteiger charge is 2.17. The Bertz CT molecular complexity index is 812. The van der Waals surface area contributed by atoms with Crippen LogP contribution < -0.4 is 5.32 Å². The average Bonchev–Trinajstić information content (AvgIpc) is 3.15. The molecule has 9 heteroatoms. The van der Waals surface area contributed by atoms with Crippen molar-refractivity contribution in [1.29, 1.82) is 0 Å². The highest BCUT2D eigenvalue weighted by Crippen LogP contribution is 2.15. The van der Waals surface area contributed by atoms with E-state index in [9.17, 15) is 4.79 Å². The van der Waals surface area contributed by atoms with Gasteiger partial charge in [-0.15, -0.1) is 5.10 Å². The normalized spacial score (nSPS) is 10.7. The molecule has 0 bridgehead atoms. The van der Waals surface area contributed by atoms with E-state index in [4.69, 9.17) is 0 Å². The van der Waals surface area contributed by atoms with Crippen molar-refractivity contribution in [1.82, 2.24) is 29.9 Å². The molecule has 118 valence electrons. The third-order valence-electron chi connectivity index (χ3n) is 3.09. The van der Waals surface area contributed by atoms with E-state index in [0.717, 1.165) is 5.75 Å². The molecule has 0 fully saturated rings. The molecule has 3 aromatic heterocycles. The van der Waals surface area contributed by atoms with Gasteiger partial charge in [-0.1, -0.05) is 24.8 Å². The number of hydrogen-bond acceptors (Lipinski definition) is 6. The fraction of sp³-hybridized carbons (Fsp3) is 0.214. The van der Waals surface area contributed by atoms with Gasteiger partial charge in [-0.2, -0.15) is 10.1 Å². The minimum atomic E-state index is -0.297. The first-order valence-corrected chi connectivity index (χ1v) is 8.00. The molecule has 0 aromatic carbocycles. The van der Waals surface area contributed by atoms with Crippen molar-refractivity contribution >= 4 is 23.6 Å². The molecule has 1 amide bonds. The first-order valence-electron chi connectivity index (χ1n) is 7.01. The van der Waals surface area contributed by atoms with E-state index in [1.807, 2.05) is 32.0 Å². The molecule has 8 nitrogen and oxygen atoms in total. The molecule has 0 atom stereocenters. The lowest BCUT2D eigenvalue weighted by Gasteiger charge is -2.04. The van der Waals surface area contributed by atoms with E-state index >= 15 is 0 Å². The Morgan fingerprint density at radius 2 is 2.30 bits per heavy atom. The number of rotatable bonds is 5. The van der Waals surface area contributed by atoms with E-state index in [1.54, 1.807) is 10.9 Å². The summed E-state index contributed by atoms with van der Waals surface area (Å²) < 4.78 is 1.62. The standard InChI is InChI=1S/C14H15N7OS/c1-3-23-14-18-13(19-20-14)17-12(22)10-8-16-21(9(10)2)11-6-4-5-7-15-11/h4-8H,3H2,1-2H3,(H2,17,18,19,20,22). The molecular formula is C14H15N7OS. The fourth-order valence-corrected chi connectivity index (χ4v) is 2.54. The second-order valence-electron chi connectivity index (χ2n) is 4.60. The van der Waals surface area contributed by atoms with Gasteiger partial charge in [-0.25, -0.2) is 14.8 Å². The summed E-state index contributed by atoms with van der Waals surface area (Å²) in [5, 5.41) is 14.2. The number of carbonyl (C=O) groups is 1. The quantitative estimate of drug-likeness (QED) is 0.695. The Hall–Kier alpha value is -2.68. The molecule has 0 saturated carbocycles. The van der Waals surface area contributed by atoms with Crippen molar-refractivity contribution in [2.75, 3.05) is 11.1 Å². The van der Waals surface area contributed by atoms with Crippen LogP contribution in [-0.4, -0.2) is 41.6 Å². The topological polar surface area (TPSA) is 101 Å². The predicted molar refractivity (Wildman–Crippen MR) is 86.8 cm³/mol. The Morgan fingerprint density at radius 1 is 1.43 bits per heavy atom. The third-order valence-corrected chi connectivity index (χ3v) is 3.82. The maximum atomic E-state index is 12.4. The van der Waals surface area contributed by atoms with Gasteiger partial charge in [0, 0.05) is 6.20 Å². The number of pyridine rings is 1. The zero-order valence-corrected chi connectivity index (χ0v) is 13.5. The summed E-state index contributed by atoms with van der Waals surface area (Å²) in [4.78, 5) is 20.8. The smallest absolute Gasteiger partial charge is 0.261 e. The number of carbonyl (C=O) groups excluding carboxylic acids is 1. The number of anilines is 1. The van der Waals surface area contributed by atoms with Gasteiger partial charge < -0.3 is 0 Å². The lowest BCUT2D eigenvalue weighted by Crippen LogP contribution is -2.14. The van der Waals surface area contributed by atoms with E-state index in [1.165, 1.54) is 18.0 Å². The van der Waals surface area contributed by atoms with Crippen LogP contribution in [0, 0.1) is 6.92 Å². The van der Waals surface area contributed by atoms with Crippen LogP contribution in [0.25, 0.3) is 5.82 Å². The molecule has 23 heavy (non-hydrogen) atoms. The number of nitrogens with one attached hydrogen (secondary N) is 2. The number of H-pyrrole nitrogens is 1. The summed E-state index contributed by atoms with van der Waals surface area (Å²) in [6.45, 7) is 3.82. The summed E-state index contributed by atoms with van der Waals surface area (Å²) in [5.41, 5.74) is 1.15. The minimum absolute atomic E-state index is 0.297. The Morgan fingerprint density at radius 3 is 3.04 bits per heavy atom. The number of thioether (sulfide) groups is 1. The number of aromatic nitrogens is 6. The summed E-state index contributed by atoms with van der Waals surface area (Å²) in [7, 11) is 0. The second-order valence-corrected chi connectivity index (χ2v) is 5.83. The minimum Gasteiger partial charge on any atom is -0.291 e. The zero-order valence-electron chi connectivity index (χ0n) is 12.6. The highest BCUT2D eigenvalue weighted by atomic mass is 32.2. The van der Waals surface area contributed by atoms with Crippen LogP contribution in [-0.2, 0) is 0 Å². The molecule has 3 heterocycles. The van der Waals surface area contributed by atoms with Crippen LogP contribution in [0.4, 0.5) is 5.95 Å². The van der Waals surface area contributed by atoms with E-state index < -0.39 is 0 Å². The molecule has 3 rings (SSSR count). The van der Waals surface area contributed by atoms with Gasteiger partial charge in [0.25, 0.3) is 5.91 Å². The highest BCUT2D eigenvalue weighted by molar-refractivity contribution is 7.99. The summed E-state index contributed by atoms with van der Waals surface area (Å²) in [6.07, 6.45) is 3.19. The maximum absolute atomic E-state index is 12.4. The summed E-state index contributed by atoms with van der Waals surface area (Å²) in [5.74, 6) is 1.54. The van der Waals surface area contributed by atoms with Gasteiger partial charge >= 0.3 is 0 Å². The van der Waals surface area contributed by atoms with Crippen molar-refractivity contribution < 1.29 is 4.79 Å². The molecule has 0 radical (unpaired) electrons. The van der Waals surface area contributed by atoms with Crippen molar-refractivity contribution in [3.05, 3.63) is 41.9 Å². The average molecular weight is 329 g/mol. The SMILES string of the molecule is CCSc1n[nH]c(NC(=O)c2cnn(-c3ccccn3)c2C)n1. The Balaban J connectivity index is 1.79. The van der Waals surface area contributed by atoms with E-state index in [0.29, 0.717) is 28.2 Å². The lowest BCUT2D eigenvalue weighted by atomic mass is 10.2. The Kier molecular flexibility index (Phi) is 4.38. The molecule has 2 N–H and O–H groups in total. The van der Waals surface area contributed by atoms with E-state index in [2.05, 4.69) is 30.6 Å². The molecule has 0 aliphatic rings. The molecule has 0 aliphatic heterocycles. The monoisotopic (exact) mass is 329 g/mol. The maximum Gasteiger partial charge on any atom is 0.261 e. The van der Waals surface area contributed by atoms with Gasteiger partial charge in [0.1, 0.15) is 0 Å². The molecule has 0 saturated heterocycles. The van der Waals surface area contributed by atoms with Gasteiger partial charge in [-0.05, 0) is 24.8 Å². The largest absolute Gasteiger partial charge is 0.291 e. The second kappa shape index (κ2) is 6.61. The van der Waals surface area contributed by atoms with Crippen molar-refractivity contribution in [3.63, 3.8) is 0 Å². The third kappa shape index (κ3) is 3.24. The number of amides is 1. The zero-order chi connectivity index (χ0) is 16.2. The van der Waals surface area contributed by atoms with Crippen molar-refractivity contribution in [2.45, 2.75) is 19.0 Å². The van der Waals surface area contributed by atoms with Crippen molar-refractivity contribution in [3.8, 4) is 5.82 Å². The van der Waals surface area contributed by atoms with Crippen LogP contribution in [0.15, 0.2) is 35.7 Å². The van der Waals surface area contributed by atoms with Crippen LogP contribution in [0.5, 0.6) is 0 Å². The molecule has 0 aliphatic carbocycles. The van der Waals surface area contributed by atoms with E-state index in [-0.39, 0.29) is 5.91 Å². The number of hydrogen-bond donors (Lipinski definition) is 2. The summed E-state index contributed by atoms with van der Waals surface area (Å²) in [6, 6.07) is 5.52. The van der Waals surface area contributed by atoms with Gasteiger partial charge in [-0.3, -0.25) is 10.1 Å². The fourth-order valence-electron chi connectivity index (χ4n) is 2.01. The summed E-state index contributed by atoms with van der Waals surface area (Å²) >= 11 is 1.49. The molecule has 3 aromatic rings. The van der Waals surface area contributed by atoms with Crippen LogP contribution in [0.3, 0.4) is 0 Å². The Labute approximate surface area is 136 Å². The van der Waals surface area contributed by atoms with Gasteiger partial charge in [0.05, 0.1) is 17.5 Å².